The molecule has 2 aromatic rings. The fourth-order valence-electron chi connectivity index (χ4n) is 5.09. The van der Waals surface area contributed by atoms with Gasteiger partial charge in [-0.05, 0) is 25.8 Å². The van der Waals surface area contributed by atoms with Crippen LogP contribution in [-0.4, -0.2) is 78.4 Å². The number of aromatic nitrogens is 2. The van der Waals surface area contributed by atoms with E-state index in [1.807, 2.05) is 11.8 Å². The molecular weight excluding hydrogens is 436 g/mol. The molecule has 1 amide bonds. The zero-order valence-corrected chi connectivity index (χ0v) is 20.5. The van der Waals surface area contributed by atoms with Crippen LogP contribution in [0, 0.1) is 0 Å². The van der Waals surface area contributed by atoms with Gasteiger partial charge in [0.15, 0.2) is 11.5 Å². The smallest absolute Gasteiger partial charge is 0.262 e. The van der Waals surface area contributed by atoms with E-state index in [2.05, 4.69) is 4.90 Å². The van der Waals surface area contributed by atoms with Crippen molar-refractivity contribution in [1.29, 1.82) is 0 Å². The molecule has 2 heterocycles. The summed E-state index contributed by atoms with van der Waals surface area (Å²) in [6.45, 7) is 5.93. The Kier molecular flexibility index (Phi) is 8.05. The van der Waals surface area contributed by atoms with Crippen molar-refractivity contribution in [3.05, 3.63) is 28.3 Å². The summed E-state index contributed by atoms with van der Waals surface area (Å²) in [7, 11) is 3.10. The first kappa shape index (κ1) is 24.5. The number of amides is 1. The molecule has 2 fully saturated rings. The number of ether oxygens (including phenoxy) is 3. The predicted octanol–water partition coefficient (Wildman–Crippen LogP) is 2.43. The quantitative estimate of drug-likeness (QED) is 0.583. The van der Waals surface area contributed by atoms with Crippen molar-refractivity contribution in [1.82, 2.24) is 19.4 Å². The Morgan fingerprint density at radius 3 is 2.44 bits per heavy atom. The molecule has 2 aliphatic rings. The van der Waals surface area contributed by atoms with Gasteiger partial charge in [0.05, 0.1) is 44.9 Å². The third-order valence-corrected chi connectivity index (χ3v) is 6.98. The molecule has 1 saturated carbocycles. The van der Waals surface area contributed by atoms with Gasteiger partial charge < -0.3 is 19.1 Å². The first-order valence-corrected chi connectivity index (χ1v) is 12.3. The summed E-state index contributed by atoms with van der Waals surface area (Å²) in [6.07, 6.45) is 5.58. The van der Waals surface area contributed by atoms with Gasteiger partial charge >= 0.3 is 0 Å². The van der Waals surface area contributed by atoms with E-state index in [9.17, 15) is 9.59 Å². The summed E-state index contributed by atoms with van der Waals surface area (Å²) in [5.41, 5.74) is 0.302. The average Bonchev–Trinajstić information content (AvgIpc) is 2.87. The Balaban J connectivity index is 1.73. The van der Waals surface area contributed by atoms with Gasteiger partial charge in [-0.1, -0.05) is 19.3 Å². The number of hydrogen-bond donors (Lipinski definition) is 0. The lowest BCUT2D eigenvalue weighted by atomic mass is 9.94. The lowest BCUT2D eigenvalue weighted by Gasteiger charge is -2.34. The Labute approximate surface area is 200 Å². The molecule has 0 radical (unpaired) electrons. The van der Waals surface area contributed by atoms with Crippen molar-refractivity contribution in [2.75, 3.05) is 47.1 Å². The molecule has 9 nitrogen and oxygen atoms in total. The topological polar surface area (TPSA) is 86.1 Å². The maximum atomic E-state index is 13.7. The van der Waals surface area contributed by atoms with E-state index in [4.69, 9.17) is 19.2 Å². The Morgan fingerprint density at radius 2 is 1.79 bits per heavy atom. The zero-order chi connectivity index (χ0) is 24.1. The first-order chi connectivity index (χ1) is 16.5. The van der Waals surface area contributed by atoms with Crippen molar-refractivity contribution >= 4 is 16.8 Å². The van der Waals surface area contributed by atoms with Crippen molar-refractivity contribution in [3.8, 4) is 11.5 Å². The second-order valence-corrected chi connectivity index (χ2v) is 9.00. The molecule has 1 aliphatic heterocycles. The Bertz CT molecular complexity index is 1060. The molecule has 0 bridgehead atoms. The minimum atomic E-state index is -0.234. The molecule has 0 spiro atoms. The van der Waals surface area contributed by atoms with Crippen molar-refractivity contribution in [2.24, 2.45) is 0 Å². The van der Waals surface area contributed by atoms with Crippen LogP contribution in [0.25, 0.3) is 10.9 Å². The largest absolute Gasteiger partial charge is 0.493 e. The van der Waals surface area contributed by atoms with Gasteiger partial charge in [0, 0.05) is 31.7 Å². The second kappa shape index (κ2) is 11.2. The van der Waals surface area contributed by atoms with Gasteiger partial charge in [-0.2, -0.15) is 0 Å². The lowest BCUT2D eigenvalue weighted by molar-refractivity contribution is -0.134. The Hall–Kier alpha value is -2.65. The number of carbonyl (C=O) groups is 1. The maximum Gasteiger partial charge on any atom is 0.262 e. The van der Waals surface area contributed by atoms with E-state index in [-0.39, 0.29) is 24.1 Å². The van der Waals surface area contributed by atoms with Crippen LogP contribution in [0.1, 0.15) is 44.9 Å². The van der Waals surface area contributed by atoms with Crippen LogP contribution in [0.3, 0.4) is 0 Å². The molecule has 1 aromatic heterocycles. The van der Waals surface area contributed by atoms with Gasteiger partial charge in [0.2, 0.25) is 5.91 Å². The van der Waals surface area contributed by atoms with E-state index in [1.165, 1.54) is 13.5 Å². The standard InChI is InChI=1S/C25H36N4O5/c1-4-28(18-8-6-5-7-9-18)24(30)17-29-23(16-27-10-12-34-13-11-27)26-20-15-22(33-3)21(32-2)14-19(20)25(29)31/h14-15,18H,4-13,16-17H2,1-3H3. The molecule has 1 saturated heterocycles. The minimum absolute atomic E-state index is 0.0138. The second-order valence-electron chi connectivity index (χ2n) is 9.00. The predicted molar refractivity (Wildman–Crippen MR) is 129 cm³/mol. The van der Waals surface area contributed by atoms with Crippen molar-refractivity contribution in [3.63, 3.8) is 0 Å². The zero-order valence-electron chi connectivity index (χ0n) is 20.5. The normalized spacial score (nSPS) is 17.6. The van der Waals surface area contributed by atoms with Gasteiger partial charge in [0.25, 0.3) is 5.56 Å². The molecule has 1 aromatic carbocycles. The number of hydrogen-bond acceptors (Lipinski definition) is 7. The Morgan fingerprint density at radius 1 is 1.12 bits per heavy atom. The number of morpholine rings is 1. The number of carbonyl (C=O) groups excluding carboxylic acids is 1. The summed E-state index contributed by atoms with van der Waals surface area (Å²) in [6, 6.07) is 3.63. The number of fused-ring (bicyclic) bond motifs is 1. The molecule has 0 atom stereocenters. The van der Waals surface area contributed by atoms with Crippen molar-refractivity contribution < 1.29 is 19.0 Å². The maximum absolute atomic E-state index is 13.7. The van der Waals surface area contributed by atoms with Crippen LogP contribution < -0.4 is 15.0 Å². The van der Waals surface area contributed by atoms with Gasteiger partial charge in [-0.25, -0.2) is 4.98 Å². The first-order valence-electron chi connectivity index (χ1n) is 12.3. The van der Waals surface area contributed by atoms with Crippen LogP contribution in [0.15, 0.2) is 16.9 Å². The summed E-state index contributed by atoms with van der Waals surface area (Å²) < 4.78 is 17.9. The molecule has 186 valence electrons. The fourth-order valence-corrected chi connectivity index (χ4v) is 5.09. The molecular formula is C25H36N4O5. The summed E-state index contributed by atoms with van der Waals surface area (Å²) >= 11 is 0. The van der Waals surface area contributed by atoms with E-state index in [1.54, 1.807) is 23.8 Å². The summed E-state index contributed by atoms with van der Waals surface area (Å²) in [4.78, 5) is 36.1. The highest BCUT2D eigenvalue weighted by Crippen LogP contribution is 2.30. The van der Waals surface area contributed by atoms with Gasteiger partial charge in [-0.15, -0.1) is 0 Å². The minimum Gasteiger partial charge on any atom is -0.493 e. The molecule has 0 N–H and O–H groups in total. The number of likely N-dealkylation sites (N-methyl/N-ethyl adjacent to an activating group) is 1. The SMILES string of the molecule is CCN(C(=O)Cn1c(CN2CCOCC2)nc2cc(OC)c(OC)cc2c1=O)C1CCCCC1. The van der Waals surface area contributed by atoms with E-state index in [0.29, 0.717) is 54.5 Å². The van der Waals surface area contributed by atoms with Crippen LogP contribution in [0.2, 0.25) is 0 Å². The van der Waals surface area contributed by atoms with Crippen LogP contribution >= 0.6 is 0 Å². The molecule has 0 unspecified atom stereocenters. The third kappa shape index (κ3) is 5.20. The van der Waals surface area contributed by atoms with Crippen LogP contribution in [-0.2, 0) is 22.6 Å². The monoisotopic (exact) mass is 472 g/mol. The number of rotatable bonds is 8. The van der Waals surface area contributed by atoms with Gasteiger partial charge in [-0.3, -0.25) is 19.1 Å². The van der Waals surface area contributed by atoms with Crippen molar-refractivity contribution in [2.45, 2.75) is 58.2 Å². The van der Waals surface area contributed by atoms with Crippen LogP contribution in [0.4, 0.5) is 0 Å². The fraction of sp³-hybridized carbons (Fsp3) is 0.640. The molecule has 4 rings (SSSR count). The van der Waals surface area contributed by atoms with Crippen LogP contribution in [0.5, 0.6) is 11.5 Å². The number of benzene rings is 1. The molecule has 1 aliphatic carbocycles. The molecule has 34 heavy (non-hydrogen) atoms. The number of methoxy groups -OCH3 is 2. The summed E-state index contributed by atoms with van der Waals surface area (Å²) in [5, 5.41) is 0.414. The van der Waals surface area contributed by atoms with E-state index in [0.717, 1.165) is 38.8 Å². The summed E-state index contributed by atoms with van der Waals surface area (Å²) in [5.74, 6) is 1.54. The number of nitrogens with zero attached hydrogens (tertiary/aromatic N) is 4. The third-order valence-electron chi connectivity index (χ3n) is 6.98. The molecule has 9 heteroatoms. The highest BCUT2D eigenvalue weighted by atomic mass is 16.5. The highest BCUT2D eigenvalue weighted by molar-refractivity contribution is 5.83. The average molecular weight is 473 g/mol. The lowest BCUT2D eigenvalue weighted by Crippen LogP contribution is -2.45. The highest BCUT2D eigenvalue weighted by Gasteiger charge is 2.26. The van der Waals surface area contributed by atoms with E-state index < -0.39 is 0 Å². The van der Waals surface area contributed by atoms with E-state index >= 15 is 0 Å². The van der Waals surface area contributed by atoms with Gasteiger partial charge in [0.1, 0.15) is 12.4 Å².